The van der Waals surface area contributed by atoms with E-state index < -0.39 is 0 Å². The first-order valence-corrected chi connectivity index (χ1v) is 9.10. The number of carbonyl (C=O) groups is 1. The van der Waals surface area contributed by atoms with E-state index in [1.54, 1.807) is 32.4 Å². The predicted octanol–water partition coefficient (Wildman–Crippen LogP) is 3.93. The molecule has 0 saturated carbocycles. The Hall–Kier alpha value is -2.76. The average Bonchev–Trinajstić information content (AvgIpc) is 3.21. The highest BCUT2D eigenvalue weighted by molar-refractivity contribution is 5.94. The van der Waals surface area contributed by atoms with Gasteiger partial charge in [-0.3, -0.25) is 4.79 Å². The van der Waals surface area contributed by atoms with Crippen molar-refractivity contribution in [3.63, 3.8) is 0 Å². The Morgan fingerprint density at radius 3 is 2.48 bits per heavy atom. The van der Waals surface area contributed by atoms with Crippen LogP contribution in [0.15, 0.2) is 36.4 Å². The standard InChI is InChI=1S/C21H25FN2O3/c1-14(17-8-7-16(26-2)13-20(17)27-3)23-21(25)15-6-9-19(18(22)12-15)24-10-4-5-11-24/h6-9,12-14H,4-5,10-11H2,1-3H3,(H,23,25)/t14-/m0/s1. The number of amides is 1. The lowest BCUT2D eigenvalue weighted by atomic mass is 10.1. The maximum absolute atomic E-state index is 14.5. The van der Waals surface area contributed by atoms with Gasteiger partial charge in [-0.1, -0.05) is 0 Å². The molecule has 0 aliphatic carbocycles. The molecule has 0 aromatic heterocycles. The molecular formula is C21H25FN2O3. The highest BCUT2D eigenvalue weighted by Crippen LogP contribution is 2.30. The number of nitrogens with zero attached hydrogens (tertiary/aromatic N) is 1. The zero-order valence-electron chi connectivity index (χ0n) is 15.9. The monoisotopic (exact) mass is 372 g/mol. The summed E-state index contributed by atoms with van der Waals surface area (Å²) in [7, 11) is 3.15. The van der Waals surface area contributed by atoms with Crippen LogP contribution in [-0.2, 0) is 0 Å². The number of anilines is 1. The van der Waals surface area contributed by atoms with E-state index in [1.165, 1.54) is 6.07 Å². The number of halogens is 1. The largest absolute Gasteiger partial charge is 0.497 e. The molecule has 27 heavy (non-hydrogen) atoms. The summed E-state index contributed by atoms with van der Waals surface area (Å²) in [6.45, 7) is 3.57. The molecule has 1 heterocycles. The minimum Gasteiger partial charge on any atom is -0.497 e. The van der Waals surface area contributed by atoms with Crippen LogP contribution in [0.5, 0.6) is 11.5 Å². The number of carbonyl (C=O) groups excluding carboxylic acids is 1. The molecule has 0 radical (unpaired) electrons. The van der Waals surface area contributed by atoms with E-state index in [0.29, 0.717) is 22.7 Å². The van der Waals surface area contributed by atoms with Crippen molar-refractivity contribution < 1.29 is 18.7 Å². The van der Waals surface area contributed by atoms with Gasteiger partial charge in [-0.2, -0.15) is 0 Å². The molecule has 1 aliphatic rings. The number of hydrogen-bond acceptors (Lipinski definition) is 4. The number of nitrogens with one attached hydrogen (secondary N) is 1. The normalized spacial score (nSPS) is 14.7. The molecule has 1 amide bonds. The molecule has 0 spiro atoms. The second kappa shape index (κ2) is 8.29. The van der Waals surface area contributed by atoms with Crippen molar-refractivity contribution in [3.8, 4) is 11.5 Å². The summed E-state index contributed by atoms with van der Waals surface area (Å²) in [5.74, 6) is 0.609. The van der Waals surface area contributed by atoms with Crippen molar-refractivity contribution in [2.24, 2.45) is 0 Å². The highest BCUT2D eigenvalue weighted by atomic mass is 19.1. The lowest BCUT2D eigenvalue weighted by molar-refractivity contribution is 0.0939. The smallest absolute Gasteiger partial charge is 0.251 e. The molecule has 0 unspecified atom stereocenters. The number of ether oxygens (including phenoxy) is 2. The first-order valence-electron chi connectivity index (χ1n) is 9.10. The molecule has 3 rings (SSSR count). The van der Waals surface area contributed by atoms with E-state index in [1.807, 2.05) is 24.0 Å². The quantitative estimate of drug-likeness (QED) is 0.835. The SMILES string of the molecule is COc1ccc([C@H](C)NC(=O)c2ccc(N3CCCC3)c(F)c2)c(OC)c1. The fourth-order valence-corrected chi connectivity index (χ4v) is 3.40. The maximum Gasteiger partial charge on any atom is 0.251 e. The Bertz CT molecular complexity index is 819. The summed E-state index contributed by atoms with van der Waals surface area (Å²) >= 11 is 0. The van der Waals surface area contributed by atoms with Gasteiger partial charge in [0.1, 0.15) is 17.3 Å². The minimum absolute atomic E-state index is 0.301. The third-order valence-corrected chi connectivity index (χ3v) is 4.91. The van der Waals surface area contributed by atoms with Gasteiger partial charge < -0.3 is 19.7 Å². The predicted molar refractivity (Wildman–Crippen MR) is 103 cm³/mol. The zero-order valence-corrected chi connectivity index (χ0v) is 15.9. The van der Waals surface area contributed by atoms with Crippen LogP contribution in [0.3, 0.4) is 0 Å². The van der Waals surface area contributed by atoms with Crippen molar-refractivity contribution in [2.45, 2.75) is 25.8 Å². The summed E-state index contributed by atoms with van der Waals surface area (Å²) in [6, 6.07) is 9.78. The molecule has 1 atom stereocenters. The third-order valence-electron chi connectivity index (χ3n) is 4.91. The van der Waals surface area contributed by atoms with Crippen molar-refractivity contribution in [1.82, 2.24) is 5.32 Å². The molecule has 1 N–H and O–H groups in total. The van der Waals surface area contributed by atoms with Gasteiger partial charge in [0, 0.05) is 30.3 Å². The van der Waals surface area contributed by atoms with Crippen LogP contribution in [-0.4, -0.2) is 33.2 Å². The van der Waals surface area contributed by atoms with Gasteiger partial charge in [-0.25, -0.2) is 4.39 Å². The number of benzene rings is 2. The van der Waals surface area contributed by atoms with Crippen LogP contribution in [0, 0.1) is 5.82 Å². The molecule has 1 saturated heterocycles. The van der Waals surface area contributed by atoms with Crippen LogP contribution in [0.25, 0.3) is 0 Å². The van der Waals surface area contributed by atoms with Gasteiger partial charge in [0.15, 0.2) is 0 Å². The summed E-state index contributed by atoms with van der Waals surface area (Å²) in [4.78, 5) is 14.6. The number of hydrogen-bond donors (Lipinski definition) is 1. The number of rotatable bonds is 6. The molecule has 2 aromatic rings. The summed E-state index contributed by atoms with van der Waals surface area (Å²) in [6.07, 6.45) is 2.14. The van der Waals surface area contributed by atoms with Crippen molar-refractivity contribution in [1.29, 1.82) is 0 Å². The summed E-state index contributed by atoms with van der Waals surface area (Å²) < 4.78 is 25.1. The van der Waals surface area contributed by atoms with Crippen LogP contribution >= 0.6 is 0 Å². The van der Waals surface area contributed by atoms with E-state index in [2.05, 4.69) is 5.32 Å². The van der Waals surface area contributed by atoms with Crippen LogP contribution < -0.4 is 19.7 Å². The summed E-state index contributed by atoms with van der Waals surface area (Å²) in [5, 5.41) is 2.90. The van der Waals surface area contributed by atoms with Crippen molar-refractivity contribution in [3.05, 3.63) is 53.3 Å². The Balaban J connectivity index is 1.74. The summed E-state index contributed by atoms with van der Waals surface area (Å²) in [5.41, 5.74) is 1.68. The van der Waals surface area contributed by atoms with Crippen LogP contribution in [0.4, 0.5) is 10.1 Å². The Kier molecular flexibility index (Phi) is 5.84. The van der Waals surface area contributed by atoms with Crippen molar-refractivity contribution >= 4 is 11.6 Å². The molecule has 1 aliphatic heterocycles. The van der Waals surface area contributed by atoms with E-state index in [9.17, 15) is 9.18 Å². The fraction of sp³-hybridized carbons (Fsp3) is 0.381. The Labute approximate surface area is 159 Å². The van der Waals surface area contributed by atoms with E-state index in [0.717, 1.165) is 31.5 Å². The molecule has 0 bridgehead atoms. The highest BCUT2D eigenvalue weighted by Gasteiger charge is 2.19. The first kappa shape index (κ1) is 19.0. The van der Waals surface area contributed by atoms with Gasteiger partial charge in [0.25, 0.3) is 5.91 Å². The van der Waals surface area contributed by atoms with Crippen LogP contribution in [0.1, 0.15) is 41.7 Å². The van der Waals surface area contributed by atoms with Crippen molar-refractivity contribution in [2.75, 3.05) is 32.2 Å². The second-order valence-corrected chi connectivity index (χ2v) is 6.66. The molecule has 5 nitrogen and oxygen atoms in total. The van der Waals surface area contributed by atoms with Gasteiger partial charge in [-0.05, 0) is 50.1 Å². The fourth-order valence-electron chi connectivity index (χ4n) is 3.40. The topological polar surface area (TPSA) is 50.8 Å². The van der Waals surface area contributed by atoms with Gasteiger partial charge in [0.05, 0.1) is 25.9 Å². The maximum atomic E-state index is 14.5. The lowest BCUT2D eigenvalue weighted by Crippen LogP contribution is -2.27. The lowest BCUT2D eigenvalue weighted by Gasteiger charge is -2.20. The zero-order chi connectivity index (χ0) is 19.4. The third kappa shape index (κ3) is 4.15. The van der Waals surface area contributed by atoms with Gasteiger partial charge in [-0.15, -0.1) is 0 Å². The first-order chi connectivity index (χ1) is 13.0. The molecular weight excluding hydrogens is 347 g/mol. The average molecular weight is 372 g/mol. The van der Waals surface area contributed by atoms with E-state index >= 15 is 0 Å². The molecule has 144 valence electrons. The number of methoxy groups -OCH3 is 2. The Morgan fingerprint density at radius 2 is 1.85 bits per heavy atom. The van der Waals surface area contributed by atoms with E-state index in [-0.39, 0.29) is 17.8 Å². The van der Waals surface area contributed by atoms with Gasteiger partial charge >= 0.3 is 0 Å². The molecule has 2 aromatic carbocycles. The minimum atomic E-state index is -0.362. The van der Waals surface area contributed by atoms with E-state index in [4.69, 9.17) is 9.47 Å². The Morgan fingerprint density at radius 1 is 1.11 bits per heavy atom. The van der Waals surface area contributed by atoms with Crippen LogP contribution in [0.2, 0.25) is 0 Å². The molecule has 6 heteroatoms. The second-order valence-electron chi connectivity index (χ2n) is 6.66. The van der Waals surface area contributed by atoms with Gasteiger partial charge in [0.2, 0.25) is 0 Å². The molecule has 1 fully saturated rings.